The molecule has 0 unspecified atom stereocenters. The summed E-state index contributed by atoms with van der Waals surface area (Å²) >= 11 is 0. The van der Waals surface area contributed by atoms with Crippen molar-refractivity contribution in [3.8, 4) is 11.4 Å². The van der Waals surface area contributed by atoms with Gasteiger partial charge in [0.25, 0.3) is 0 Å². The molecule has 0 bridgehead atoms. The maximum absolute atomic E-state index is 13.7. The Bertz CT molecular complexity index is 1120. The number of rotatable bonds is 4. The number of amides is 1. The van der Waals surface area contributed by atoms with Crippen molar-refractivity contribution < 1.29 is 18.0 Å². The molecule has 0 radical (unpaired) electrons. The first-order valence-corrected chi connectivity index (χ1v) is 10.9. The first-order chi connectivity index (χ1) is 16.0. The van der Waals surface area contributed by atoms with Crippen LogP contribution in [-0.2, 0) is 11.0 Å². The molecule has 1 aliphatic rings. The highest BCUT2D eigenvalue weighted by molar-refractivity contribution is 5.94. The van der Waals surface area contributed by atoms with Crippen molar-refractivity contribution in [3.05, 3.63) is 41.1 Å². The molecule has 1 fully saturated rings. The Morgan fingerprint density at radius 1 is 1.09 bits per heavy atom. The van der Waals surface area contributed by atoms with Crippen molar-refractivity contribution in [1.29, 1.82) is 0 Å². The molecule has 0 spiro atoms. The number of carbonyl (C=O) groups is 1. The van der Waals surface area contributed by atoms with E-state index in [1.807, 2.05) is 0 Å². The van der Waals surface area contributed by atoms with Crippen LogP contribution < -0.4 is 16.8 Å². The average molecular weight is 476 g/mol. The zero-order chi connectivity index (χ0) is 25.0. The monoisotopic (exact) mass is 475 g/mol. The van der Waals surface area contributed by atoms with Gasteiger partial charge in [-0.05, 0) is 45.6 Å². The number of carbonyl (C=O) groups excluding carboxylic acids is 1. The Hall–Kier alpha value is -3.50. The molecule has 1 aliphatic carbocycles. The van der Waals surface area contributed by atoms with E-state index in [1.165, 1.54) is 25.1 Å². The van der Waals surface area contributed by atoms with Crippen molar-refractivity contribution in [1.82, 2.24) is 15.3 Å². The number of benzene rings is 1. The average Bonchev–Trinajstić information content (AvgIpc) is 2.74. The maximum atomic E-state index is 13.7. The van der Waals surface area contributed by atoms with Gasteiger partial charge in [-0.3, -0.25) is 4.79 Å². The van der Waals surface area contributed by atoms with Gasteiger partial charge in [-0.25, -0.2) is 15.0 Å². The number of aromatic nitrogens is 2. The minimum absolute atomic E-state index is 0.0280. The minimum atomic E-state index is -4.58. The largest absolute Gasteiger partial charge is 0.417 e. The number of nitrogens with two attached hydrogens (primary N) is 2. The minimum Gasteiger partial charge on any atom is -0.387 e. The number of hydrogen-bond donors (Lipinski definition) is 3. The summed E-state index contributed by atoms with van der Waals surface area (Å²) in [6.07, 6.45) is -1.69. The van der Waals surface area contributed by atoms with E-state index in [0.717, 1.165) is 18.9 Å². The van der Waals surface area contributed by atoms with Gasteiger partial charge >= 0.3 is 6.18 Å². The molecule has 0 aliphatic heterocycles. The topological polar surface area (TPSA) is 132 Å². The van der Waals surface area contributed by atoms with Gasteiger partial charge < -0.3 is 16.8 Å². The molecule has 1 aromatic heterocycles. The normalized spacial score (nSPS) is 19.7. The lowest BCUT2D eigenvalue weighted by molar-refractivity contribution is -0.137. The molecule has 182 valence electrons. The van der Waals surface area contributed by atoms with Gasteiger partial charge in [0.05, 0.1) is 17.1 Å². The highest BCUT2D eigenvalue weighted by Crippen LogP contribution is 2.40. The zero-order valence-electron chi connectivity index (χ0n) is 19.3. The molecule has 5 N–H and O–H groups in total. The smallest absolute Gasteiger partial charge is 0.387 e. The van der Waals surface area contributed by atoms with E-state index in [2.05, 4.69) is 25.3 Å². The van der Waals surface area contributed by atoms with Crippen LogP contribution in [0.2, 0.25) is 0 Å². The van der Waals surface area contributed by atoms with Crippen LogP contribution in [-0.4, -0.2) is 33.7 Å². The first kappa shape index (κ1) is 25.1. The van der Waals surface area contributed by atoms with Gasteiger partial charge in [-0.2, -0.15) is 18.2 Å². The molecule has 34 heavy (non-hydrogen) atoms. The third kappa shape index (κ3) is 6.09. The van der Waals surface area contributed by atoms with Crippen LogP contribution in [0, 0.1) is 6.92 Å². The third-order valence-corrected chi connectivity index (χ3v) is 5.66. The molecular weight excluding hydrogens is 447 g/mol. The van der Waals surface area contributed by atoms with Gasteiger partial charge in [0.15, 0.2) is 11.6 Å². The van der Waals surface area contributed by atoms with Crippen LogP contribution in [0.4, 0.5) is 19.0 Å². The number of halogens is 3. The van der Waals surface area contributed by atoms with Crippen LogP contribution in [0.15, 0.2) is 34.3 Å². The summed E-state index contributed by atoms with van der Waals surface area (Å²) in [6.45, 7) is 4.78. The van der Waals surface area contributed by atoms with E-state index in [4.69, 9.17) is 11.5 Å². The number of nitrogens with zero attached hydrogens (tertiary/aromatic N) is 4. The lowest BCUT2D eigenvalue weighted by Gasteiger charge is -2.29. The third-order valence-electron chi connectivity index (χ3n) is 5.66. The number of nitrogens with one attached hydrogen (secondary N) is 1. The highest BCUT2D eigenvalue weighted by Gasteiger charge is 2.35. The van der Waals surface area contributed by atoms with E-state index in [-0.39, 0.29) is 46.9 Å². The van der Waals surface area contributed by atoms with Crippen LogP contribution in [0.1, 0.15) is 62.3 Å². The molecular formula is C23H28F3N7O. The predicted molar refractivity (Wildman–Crippen MR) is 125 cm³/mol. The number of alkyl halides is 3. The molecule has 0 atom stereocenters. The van der Waals surface area contributed by atoms with E-state index < -0.39 is 11.7 Å². The molecule has 3 rings (SSSR count). The Morgan fingerprint density at radius 3 is 2.32 bits per heavy atom. The van der Waals surface area contributed by atoms with E-state index in [0.29, 0.717) is 24.1 Å². The summed E-state index contributed by atoms with van der Waals surface area (Å²) in [5.74, 6) is -0.0273. The van der Waals surface area contributed by atoms with E-state index >= 15 is 0 Å². The number of hydrogen-bond acceptors (Lipinski definition) is 4. The highest BCUT2D eigenvalue weighted by atomic mass is 19.4. The summed E-state index contributed by atoms with van der Waals surface area (Å²) in [5.41, 5.74) is 11.7. The molecule has 1 saturated carbocycles. The second-order valence-electron chi connectivity index (χ2n) is 8.40. The first-order valence-electron chi connectivity index (χ1n) is 10.9. The summed E-state index contributed by atoms with van der Waals surface area (Å²) in [5, 5.41) is 2.92. The Morgan fingerprint density at radius 2 is 1.74 bits per heavy atom. The Labute approximate surface area is 195 Å². The second kappa shape index (κ2) is 10.2. The van der Waals surface area contributed by atoms with Crippen LogP contribution in [0.5, 0.6) is 0 Å². The molecule has 8 nitrogen and oxygen atoms in total. The molecule has 1 amide bonds. The van der Waals surface area contributed by atoms with Gasteiger partial charge in [-0.15, -0.1) is 0 Å². The van der Waals surface area contributed by atoms with Gasteiger partial charge in [0.2, 0.25) is 11.9 Å². The van der Waals surface area contributed by atoms with E-state index in [9.17, 15) is 18.0 Å². The van der Waals surface area contributed by atoms with Gasteiger partial charge in [0.1, 0.15) is 0 Å². The molecule has 1 heterocycles. The molecule has 0 saturated heterocycles. The van der Waals surface area contributed by atoms with Crippen LogP contribution >= 0.6 is 0 Å². The van der Waals surface area contributed by atoms with E-state index in [1.54, 1.807) is 13.8 Å². The quantitative estimate of drug-likeness (QED) is 0.455. The lowest BCUT2D eigenvalue weighted by atomic mass is 9.82. The molecule has 2 aromatic rings. The lowest BCUT2D eigenvalue weighted by Crippen LogP contribution is -2.36. The summed E-state index contributed by atoms with van der Waals surface area (Å²) in [6, 6.07) is 5.22. The maximum Gasteiger partial charge on any atom is 0.417 e. The van der Waals surface area contributed by atoms with Crippen molar-refractivity contribution in [2.24, 2.45) is 21.5 Å². The summed E-state index contributed by atoms with van der Waals surface area (Å²) < 4.78 is 41.1. The molecule has 11 heteroatoms. The second-order valence-corrected chi connectivity index (χ2v) is 8.40. The van der Waals surface area contributed by atoms with Crippen LogP contribution in [0.3, 0.4) is 0 Å². The Kier molecular flexibility index (Phi) is 7.53. The fourth-order valence-corrected chi connectivity index (χ4v) is 4.19. The number of guanidine groups is 1. The van der Waals surface area contributed by atoms with Gasteiger partial charge in [0, 0.05) is 30.0 Å². The SMILES string of the molecule is CC(=O)NC1CCC(c2nc(-c3ccccc3C(F)(F)F)nc(N=C(N)N=C(C)N)c2C)CC1. The zero-order valence-corrected chi connectivity index (χ0v) is 19.3. The summed E-state index contributed by atoms with van der Waals surface area (Å²) in [4.78, 5) is 28.4. The van der Waals surface area contributed by atoms with Crippen LogP contribution in [0.25, 0.3) is 11.4 Å². The van der Waals surface area contributed by atoms with Gasteiger partial charge in [-0.1, -0.05) is 18.2 Å². The Balaban J connectivity index is 2.11. The standard InChI is InChI=1S/C23H28F3N7O/c1-12-19(15-8-10-16(11-9-15)30-14(3)34)31-21(32-20(12)33-22(28)29-13(2)27)17-6-4-5-7-18(17)23(24,25)26/h4-7,15-16H,8-11H2,1-3H3,(H,30,34)(H4,27,28,29,31,32,33). The van der Waals surface area contributed by atoms with Crippen molar-refractivity contribution in [3.63, 3.8) is 0 Å². The number of aliphatic imine (C=N–C) groups is 2. The summed E-state index contributed by atoms with van der Waals surface area (Å²) in [7, 11) is 0. The molecule has 1 aromatic carbocycles. The van der Waals surface area contributed by atoms with Crippen molar-refractivity contribution in [2.75, 3.05) is 0 Å². The fourth-order valence-electron chi connectivity index (χ4n) is 4.19. The van der Waals surface area contributed by atoms with Crippen molar-refractivity contribution in [2.45, 2.75) is 64.6 Å². The number of amidine groups is 1. The van der Waals surface area contributed by atoms with Crippen molar-refractivity contribution >= 4 is 23.5 Å². The predicted octanol–water partition coefficient (Wildman–Crippen LogP) is 3.96. The fraction of sp³-hybridized carbons (Fsp3) is 0.435.